The number of halogens is 1. The highest BCUT2D eigenvalue weighted by Gasteiger charge is 2.14. The van der Waals surface area contributed by atoms with Crippen molar-refractivity contribution in [2.24, 2.45) is 0 Å². The van der Waals surface area contributed by atoms with Gasteiger partial charge in [0.1, 0.15) is 5.82 Å². The molecule has 2 aromatic carbocycles. The van der Waals surface area contributed by atoms with Gasteiger partial charge in [0, 0.05) is 6.54 Å². The summed E-state index contributed by atoms with van der Waals surface area (Å²) in [5.74, 6) is -2.22. The van der Waals surface area contributed by atoms with E-state index in [9.17, 15) is 17.6 Å². The number of sulfonamides is 1. The highest BCUT2D eigenvalue weighted by molar-refractivity contribution is 7.89. The van der Waals surface area contributed by atoms with Gasteiger partial charge in [0.05, 0.1) is 17.1 Å². The van der Waals surface area contributed by atoms with Gasteiger partial charge in [-0.05, 0) is 35.4 Å². The summed E-state index contributed by atoms with van der Waals surface area (Å²) >= 11 is 0. The van der Waals surface area contributed by atoms with Crippen molar-refractivity contribution >= 4 is 16.0 Å². The van der Waals surface area contributed by atoms with Crippen molar-refractivity contribution in [2.75, 3.05) is 13.2 Å². The molecular formula is C15H14FNO5S. The lowest BCUT2D eigenvalue weighted by Gasteiger charge is -2.08. The Labute approximate surface area is 132 Å². The average Bonchev–Trinajstić information content (AvgIpc) is 2.53. The molecule has 0 aromatic heterocycles. The van der Waals surface area contributed by atoms with E-state index in [1.807, 2.05) is 0 Å². The Morgan fingerprint density at radius 1 is 1.09 bits per heavy atom. The maximum atomic E-state index is 13.4. The Hall–Kier alpha value is -2.29. The van der Waals surface area contributed by atoms with Crippen molar-refractivity contribution in [2.45, 2.75) is 4.90 Å². The molecule has 0 heterocycles. The van der Waals surface area contributed by atoms with Crippen LogP contribution in [-0.2, 0) is 10.0 Å². The number of aliphatic hydroxyl groups excluding tert-OH is 1. The Balaban J connectivity index is 2.33. The lowest BCUT2D eigenvalue weighted by Crippen LogP contribution is -2.26. The second-order valence-corrected chi connectivity index (χ2v) is 6.41. The molecule has 23 heavy (non-hydrogen) atoms. The van der Waals surface area contributed by atoms with E-state index in [2.05, 4.69) is 4.72 Å². The lowest BCUT2D eigenvalue weighted by atomic mass is 10.0. The van der Waals surface area contributed by atoms with Crippen molar-refractivity contribution in [1.29, 1.82) is 0 Å². The maximum Gasteiger partial charge on any atom is 0.338 e. The molecule has 0 fully saturated rings. The van der Waals surface area contributed by atoms with Crippen LogP contribution in [0.4, 0.5) is 4.39 Å². The standard InChI is InChI=1S/C15H14FNO5S/c16-14-6-3-11(9-13(14)15(19)20)10-1-4-12(5-2-10)23(21,22)17-7-8-18/h1-6,9,17-18H,7-8H2,(H,19,20). The molecule has 6 nitrogen and oxygen atoms in total. The van der Waals surface area contributed by atoms with Crippen LogP contribution in [-0.4, -0.2) is 37.8 Å². The van der Waals surface area contributed by atoms with Crippen LogP contribution in [0.25, 0.3) is 11.1 Å². The zero-order valence-corrected chi connectivity index (χ0v) is 12.7. The van der Waals surface area contributed by atoms with Crippen LogP contribution in [0.5, 0.6) is 0 Å². The van der Waals surface area contributed by atoms with Crippen LogP contribution in [0, 0.1) is 5.82 Å². The normalized spacial score (nSPS) is 11.4. The number of aliphatic hydroxyl groups is 1. The number of rotatable bonds is 6. The van der Waals surface area contributed by atoms with E-state index in [0.29, 0.717) is 11.1 Å². The molecule has 0 amide bonds. The van der Waals surface area contributed by atoms with E-state index in [0.717, 1.165) is 6.07 Å². The van der Waals surface area contributed by atoms with Crippen LogP contribution in [0.3, 0.4) is 0 Å². The summed E-state index contributed by atoms with van der Waals surface area (Å²) in [6.45, 7) is -0.408. The van der Waals surface area contributed by atoms with Gasteiger partial charge in [0.2, 0.25) is 10.0 Å². The summed E-state index contributed by atoms with van der Waals surface area (Å²) in [7, 11) is -3.71. The minimum Gasteiger partial charge on any atom is -0.478 e. The van der Waals surface area contributed by atoms with Gasteiger partial charge in [-0.1, -0.05) is 18.2 Å². The van der Waals surface area contributed by atoms with Crippen molar-refractivity contribution in [3.63, 3.8) is 0 Å². The van der Waals surface area contributed by atoms with Gasteiger partial charge < -0.3 is 10.2 Å². The molecule has 0 saturated heterocycles. The minimum atomic E-state index is -3.71. The molecule has 0 radical (unpaired) electrons. The van der Waals surface area contributed by atoms with Crippen molar-refractivity contribution < 1.29 is 27.8 Å². The molecule has 0 aliphatic rings. The zero-order valence-electron chi connectivity index (χ0n) is 11.9. The van der Waals surface area contributed by atoms with E-state index < -0.39 is 27.4 Å². The number of hydrogen-bond donors (Lipinski definition) is 3. The Morgan fingerprint density at radius 3 is 2.26 bits per heavy atom. The van der Waals surface area contributed by atoms with Gasteiger partial charge in [-0.25, -0.2) is 22.3 Å². The number of hydrogen-bond acceptors (Lipinski definition) is 4. The SMILES string of the molecule is O=C(O)c1cc(-c2ccc(S(=O)(=O)NCCO)cc2)ccc1F. The molecule has 0 spiro atoms. The van der Waals surface area contributed by atoms with E-state index >= 15 is 0 Å². The van der Waals surface area contributed by atoms with Crippen LogP contribution in [0.15, 0.2) is 47.4 Å². The summed E-state index contributed by atoms with van der Waals surface area (Å²) < 4.78 is 39.4. The van der Waals surface area contributed by atoms with Crippen molar-refractivity contribution in [1.82, 2.24) is 4.72 Å². The summed E-state index contributed by atoms with van der Waals surface area (Å²) in [6, 6.07) is 9.32. The molecule has 2 aromatic rings. The molecule has 0 atom stereocenters. The largest absolute Gasteiger partial charge is 0.478 e. The first-order chi connectivity index (χ1) is 10.8. The quantitative estimate of drug-likeness (QED) is 0.739. The monoisotopic (exact) mass is 339 g/mol. The van der Waals surface area contributed by atoms with Crippen LogP contribution >= 0.6 is 0 Å². The van der Waals surface area contributed by atoms with Crippen LogP contribution in [0.2, 0.25) is 0 Å². The first-order valence-corrected chi connectivity index (χ1v) is 8.07. The molecular weight excluding hydrogens is 325 g/mol. The summed E-state index contributed by atoms with van der Waals surface area (Å²) in [5, 5.41) is 17.6. The number of nitrogens with one attached hydrogen (secondary N) is 1. The van der Waals surface area contributed by atoms with Gasteiger partial charge in [0.15, 0.2) is 0 Å². The highest BCUT2D eigenvalue weighted by atomic mass is 32.2. The fourth-order valence-electron chi connectivity index (χ4n) is 1.96. The molecule has 0 unspecified atom stereocenters. The van der Waals surface area contributed by atoms with Gasteiger partial charge in [0.25, 0.3) is 0 Å². The lowest BCUT2D eigenvalue weighted by molar-refractivity contribution is 0.0692. The highest BCUT2D eigenvalue weighted by Crippen LogP contribution is 2.23. The predicted octanol–water partition coefficient (Wildman–Crippen LogP) is 1.46. The van der Waals surface area contributed by atoms with Gasteiger partial charge in [-0.3, -0.25) is 0 Å². The second kappa shape index (κ2) is 6.86. The smallest absolute Gasteiger partial charge is 0.338 e. The van der Waals surface area contributed by atoms with Crippen LogP contribution < -0.4 is 4.72 Å². The molecule has 0 aliphatic carbocycles. The topological polar surface area (TPSA) is 104 Å². The first kappa shape index (κ1) is 17.1. The number of aromatic carboxylic acids is 1. The van der Waals surface area contributed by atoms with Crippen molar-refractivity contribution in [3.8, 4) is 11.1 Å². The zero-order chi connectivity index (χ0) is 17.0. The maximum absolute atomic E-state index is 13.4. The summed E-state index contributed by atoms with van der Waals surface area (Å²) in [4.78, 5) is 11.0. The van der Waals surface area contributed by atoms with Crippen LogP contribution in [0.1, 0.15) is 10.4 Å². The second-order valence-electron chi connectivity index (χ2n) is 4.65. The Bertz CT molecular complexity index is 818. The number of benzene rings is 2. The van der Waals surface area contributed by atoms with E-state index in [4.69, 9.17) is 10.2 Å². The van der Waals surface area contributed by atoms with E-state index in [-0.39, 0.29) is 18.0 Å². The van der Waals surface area contributed by atoms with Crippen molar-refractivity contribution in [3.05, 3.63) is 53.8 Å². The number of carboxylic acid groups (broad SMARTS) is 1. The van der Waals surface area contributed by atoms with E-state index in [1.165, 1.54) is 36.4 Å². The summed E-state index contributed by atoms with van der Waals surface area (Å²) in [6.07, 6.45) is 0. The molecule has 122 valence electrons. The molecule has 2 rings (SSSR count). The minimum absolute atomic E-state index is 0.00951. The summed E-state index contributed by atoms with van der Waals surface area (Å²) in [5.41, 5.74) is 0.550. The average molecular weight is 339 g/mol. The molecule has 0 bridgehead atoms. The predicted molar refractivity (Wildman–Crippen MR) is 81.1 cm³/mol. The fraction of sp³-hybridized carbons (Fsp3) is 0.133. The fourth-order valence-corrected chi connectivity index (χ4v) is 2.98. The first-order valence-electron chi connectivity index (χ1n) is 6.59. The molecule has 0 saturated carbocycles. The number of carboxylic acids is 1. The van der Waals surface area contributed by atoms with Gasteiger partial charge in [-0.2, -0.15) is 0 Å². The van der Waals surface area contributed by atoms with E-state index in [1.54, 1.807) is 0 Å². The number of carbonyl (C=O) groups is 1. The van der Waals surface area contributed by atoms with Gasteiger partial charge in [-0.15, -0.1) is 0 Å². The molecule has 8 heteroatoms. The third kappa shape index (κ3) is 3.92. The Kier molecular flexibility index (Phi) is 5.09. The van der Waals surface area contributed by atoms with Gasteiger partial charge >= 0.3 is 5.97 Å². The molecule has 3 N–H and O–H groups in total. The Morgan fingerprint density at radius 2 is 1.70 bits per heavy atom. The third-order valence-electron chi connectivity index (χ3n) is 3.10. The molecule has 0 aliphatic heterocycles. The third-order valence-corrected chi connectivity index (χ3v) is 4.58.